The Hall–Kier alpha value is -0.930. The Balaban J connectivity index is 2.68. The molecule has 0 spiro atoms. The summed E-state index contributed by atoms with van der Waals surface area (Å²) in [5, 5.41) is 2.70. The Kier molecular flexibility index (Phi) is 1.23. The summed E-state index contributed by atoms with van der Waals surface area (Å²) in [6, 6.07) is 0. The van der Waals surface area contributed by atoms with E-state index >= 15 is 0 Å². The van der Waals surface area contributed by atoms with E-state index in [4.69, 9.17) is 5.73 Å². The molecule has 0 aromatic carbocycles. The number of primary amides is 1. The van der Waals surface area contributed by atoms with Crippen LogP contribution in [0.1, 0.15) is 19.3 Å². The molecule has 1 saturated carbocycles. The summed E-state index contributed by atoms with van der Waals surface area (Å²) in [5.74, 6) is -0.580. The minimum absolute atomic E-state index is 0.534. The van der Waals surface area contributed by atoms with E-state index in [1.54, 1.807) is 0 Å². The quantitative estimate of drug-likeness (QED) is 0.538. The average Bonchev–Trinajstić information content (AvgIpc) is 1.62. The van der Waals surface area contributed by atoms with Gasteiger partial charge in [0.15, 0.2) is 5.54 Å². The first-order chi connectivity index (χ1) is 4.21. The van der Waals surface area contributed by atoms with Gasteiger partial charge in [-0.1, -0.05) is 5.18 Å². The number of carbonyl (C=O) groups is 1. The highest BCUT2D eigenvalue weighted by molar-refractivity contribution is 5.85. The fraction of sp³-hybridized carbons (Fsp3) is 0.800. The third-order valence-electron chi connectivity index (χ3n) is 1.81. The lowest BCUT2D eigenvalue weighted by atomic mass is 9.77. The summed E-state index contributed by atoms with van der Waals surface area (Å²) < 4.78 is 0. The largest absolute Gasteiger partial charge is 0.367 e. The Morgan fingerprint density at radius 2 is 2.11 bits per heavy atom. The van der Waals surface area contributed by atoms with Crippen LogP contribution in [0.4, 0.5) is 0 Å². The van der Waals surface area contributed by atoms with Crippen LogP contribution in [-0.2, 0) is 4.79 Å². The topological polar surface area (TPSA) is 72.5 Å². The van der Waals surface area contributed by atoms with Crippen LogP contribution in [0.25, 0.3) is 0 Å². The fourth-order valence-electron chi connectivity index (χ4n) is 0.894. The molecule has 1 aliphatic rings. The van der Waals surface area contributed by atoms with Gasteiger partial charge in [0.1, 0.15) is 0 Å². The first kappa shape index (κ1) is 6.19. The lowest BCUT2D eigenvalue weighted by Crippen LogP contribution is -2.47. The van der Waals surface area contributed by atoms with Crippen LogP contribution in [0, 0.1) is 4.91 Å². The Morgan fingerprint density at radius 3 is 2.11 bits per heavy atom. The molecule has 1 amide bonds. The van der Waals surface area contributed by atoms with Gasteiger partial charge < -0.3 is 5.73 Å². The molecule has 0 heterocycles. The lowest BCUT2D eigenvalue weighted by Gasteiger charge is -2.30. The first-order valence-electron chi connectivity index (χ1n) is 2.86. The van der Waals surface area contributed by atoms with Crippen LogP contribution >= 0.6 is 0 Å². The maximum absolute atomic E-state index is 10.5. The number of rotatable bonds is 2. The van der Waals surface area contributed by atoms with Crippen molar-refractivity contribution in [1.82, 2.24) is 0 Å². The minimum Gasteiger partial charge on any atom is -0.367 e. The fourth-order valence-corrected chi connectivity index (χ4v) is 0.894. The Labute approximate surface area is 52.4 Å². The van der Waals surface area contributed by atoms with Gasteiger partial charge >= 0.3 is 0 Å². The number of nitroso groups, excluding NO2 is 1. The van der Waals surface area contributed by atoms with Crippen molar-refractivity contribution in [1.29, 1.82) is 0 Å². The predicted molar refractivity (Wildman–Crippen MR) is 31.6 cm³/mol. The molecule has 4 heteroatoms. The molecular formula is C5H8N2O2. The number of hydrogen-bond acceptors (Lipinski definition) is 3. The molecule has 1 aliphatic carbocycles. The summed E-state index contributed by atoms with van der Waals surface area (Å²) in [4.78, 5) is 20.5. The SMILES string of the molecule is NC(=O)C1(N=O)CCC1. The van der Waals surface area contributed by atoms with Crippen molar-refractivity contribution < 1.29 is 4.79 Å². The number of nitrogens with two attached hydrogens (primary N) is 1. The van der Waals surface area contributed by atoms with E-state index in [-0.39, 0.29) is 0 Å². The molecule has 0 atom stereocenters. The van der Waals surface area contributed by atoms with E-state index in [9.17, 15) is 9.70 Å². The van der Waals surface area contributed by atoms with Gasteiger partial charge in [0.25, 0.3) is 0 Å². The number of hydrogen-bond donors (Lipinski definition) is 1. The van der Waals surface area contributed by atoms with Crippen LogP contribution in [-0.4, -0.2) is 11.4 Å². The average molecular weight is 128 g/mol. The third kappa shape index (κ3) is 0.704. The molecule has 0 saturated heterocycles. The molecule has 4 nitrogen and oxygen atoms in total. The normalized spacial score (nSPS) is 22.2. The van der Waals surface area contributed by atoms with Crippen LogP contribution in [0.3, 0.4) is 0 Å². The second-order valence-corrected chi connectivity index (χ2v) is 2.34. The highest BCUT2D eigenvalue weighted by Gasteiger charge is 2.44. The lowest BCUT2D eigenvalue weighted by molar-refractivity contribution is -0.125. The highest BCUT2D eigenvalue weighted by atomic mass is 16.3. The highest BCUT2D eigenvalue weighted by Crippen LogP contribution is 2.34. The van der Waals surface area contributed by atoms with Crippen LogP contribution in [0.2, 0.25) is 0 Å². The van der Waals surface area contributed by atoms with Gasteiger partial charge in [-0.3, -0.25) is 4.79 Å². The third-order valence-corrected chi connectivity index (χ3v) is 1.81. The summed E-state index contributed by atoms with van der Waals surface area (Å²) in [5.41, 5.74) is 3.88. The van der Waals surface area contributed by atoms with Crippen molar-refractivity contribution in [3.05, 3.63) is 4.91 Å². The van der Waals surface area contributed by atoms with E-state index in [0.29, 0.717) is 12.8 Å². The number of carbonyl (C=O) groups excluding carboxylic acids is 1. The molecule has 50 valence electrons. The second kappa shape index (κ2) is 1.79. The molecule has 0 unspecified atom stereocenters. The summed E-state index contributed by atoms with van der Waals surface area (Å²) in [7, 11) is 0. The van der Waals surface area contributed by atoms with E-state index in [0.717, 1.165) is 6.42 Å². The van der Waals surface area contributed by atoms with E-state index in [1.165, 1.54) is 0 Å². The van der Waals surface area contributed by atoms with Crippen molar-refractivity contribution in [3.63, 3.8) is 0 Å². The smallest absolute Gasteiger partial charge is 0.249 e. The molecule has 9 heavy (non-hydrogen) atoms. The van der Waals surface area contributed by atoms with E-state index in [1.807, 2.05) is 0 Å². The van der Waals surface area contributed by atoms with Crippen molar-refractivity contribution in [2.75, 3.05) is 0 Å². The van der Waals surface area contributed by atoms with Gasteiger partial charge in [0.05, 0.1) is 0 Å². The minimum atomic E-state index is -1.03. The van der Waals surface area contributed by atoms with Crippen molar-refractivity contribution in [2.24, 2.45) is 10.9 Å². The zero-order valence-corrected chi connectivity index (χ0v) is 4.96. The van der Waals surface area contributed by atoms with Crippen LogP contribution in [0.15, 0.2) is 5.18 Å². The monoisotopic (exact) mass is 128 g/mol. The Bertz CT molecular complexity index is 151. The molecule has 2 N–H and O–H groups in total. The molecule has 0 aromatic rings. The summed E-state index contributed by atoms with van der Waals surface area (Å²) >= 11 is 0. The van der Waals surface area contributed by atoms with Gasteiger partial charge in [-0.25, -0.2) is 0 Å². The zero-order chi connectivity index (χ0) is 6.91. The van der Waals surface area contributed by atoms with Gasteiger partial charge in [-0.05, 0) is 19.3 Å². The molecular weight excluding hydrogens is 120 g/mol. The molecule has 1 fully saturated rings. The van der Waals surface area contributed by atoms with Crippen molar-refractivity contribution in [2.45, 2.75) is 24.8 Å². The van der Waals surface area contributed by atoms with E-state index in [2.05, 4.69) is 5.18 Å². The van der Waals surface area contributed by atoms with Crippen molar-refractivity contribution >= 4 is 5.91 Å². The van der Waals surface area contributed by atoms with E-state index < -0.39 is 11.4 Å². The van der Waals surface area contributed by atoms with Gasteiger partial charge in [0, 0.05) is 0 Å². The van der Waals surface area contributed by atoms with Gasteiger partial charge in [0.2, 0.25) is 5.91 Å². The predicted octanol–water partition coefficient (Wildman–Crippen LogP) is 0.161. The molecule has 0 aromatic heterocycles. The second-order valence-electron chi connectivity index (χ2n) is 2.34. The number of amides is 1. The maximum atomic E-state index is 10.5. The van der Waals surface area contributed by atoms with Crippen LogP contribution < -0.4 is 5.73 Å². The maximum Gasteiger partial charge on any atom is 0.249 e. The first-order valence-corrected chi connectivity index (χ1v) is 2.86. The standard InChI is InChI=1S/C5H8N2O2/c6-4(8)5(7-9)2-1-3-5/h1-3H2,(H2,6,8). The summed E-state index contributed by atoms with van der Waals surface area (Å²) in [6.45, 7) is 0. The molecule has 0 radical (unpaired) electrons. The molecule has 1 rings (SSSR count). The Morgan fingerprint density at radius 1 is 1.56 bits per heavy atom. The van der Waals surface area contributed by atoms with Crippen LogP contribution in [0.5, 0.6) is 0 Å². The van der Waals surface area contributed by atoms with Crippen molar-refractivity contribution in [3.8, 4) is 0 Å². The van der Waals surface area contributed by atoms with Gasteiger partial charge in [-0.15, -0.1) is 4.91 Å². The molecule has 0 aliphatic heterocycles. The van der Waals surface area contributed by atoms with Gasteiger partial charge in [-0.2, -0.15) is 0 Å². The molecule has 0 bridgehead atoms. The summed E-state index contributed by atoms with van der Waals surface area (Å²) in [6.07, 6.45) is 1.95. The number of nitrogens with zero attached hydrogens (tertiary/aromatic N) is 1. The zero-order valence-electron chi connectivity index (χ0n) is 4.96.